The molecule has 0 fully saturated rings. The van der Waals surface area contributed by atoms with Crippen molar-refractivity contribution in [2.75, 3.05) is 0 Å². The predicted molar refractivity (Wildman–Crippen MR) is 68.0 cm³/mol. The molecule has 0 aliphatic heterocycles. The lowest BCUT2D eigenvalue weighted by atomic mass is 9.97. The average Bonchev–Trinajstić information content (AvgIpc) is 2.26. The molecular formula is C14H13ClO. The van der Waals surface area contributed by atoms with Crippen molar-refractivity contribution in [2.24, 2.45) is 0 Å². The van der Waals surface area contributed by atoms with Crippen LogP contribution in [0.4, 0.5) is 0 Å². The second-order valence-electron chi connectivity index (χ2n) is 3.91. The molecular weight excluding hydrogens is 220 g/mol. The summed E-state index contributed by atoms with van der Waals surface area (Å²) in [6, 6.07) is 11.5. The smallest absolute Gasteiger partial charge is 0.134 e. The summed E-state index contributed by atoms with van der Waals surface area (Å²) in [6.07, 6.45) is 0. The Morgan fingerprint density at radius 1 is 1.06 bits per heavy atom. The van der Waals surface area contributed by atoms with Gasteiger partial charge in [-0.25, -0.2) is 0 Å². The number of benzene rings is 2. The summed E-state index contributed by atoms with van der Waals surface area (Å²) in [6.45, 7) is 4.17. The summed E-state index contributed by atoms with van der Waals surface area (Å²) in [7, 11) is 0. The number of phenols is 1. The van der Waals surface area contributed by atoms with E-state index in [1.807, 2.05) is 12.1 Å². The van der Waals surface area contributed by atoms with Crippen LogP contribution in [0.3, 0.4) is 0 Å². The summed E-state index contributed by atoms with van der Waals surface area (Å²) in [4.78, 5) is 0. The van der Waals surface area contributed by atoms with Gasteiger partial charge >= 0.3 is 0 Å². The molecule has 0 aliphatic rings. The minimum absolute atomic E-state index is 0.121. The van der Waals surface area contributed by atoms with Crippen LogP contribution in [0.1, 0.15) is 11.1 Å². The summed E-state index contributed by atoms with van der Waals surface area (Å²) < 4.78 is 0. The summed E-state index contributed by atoms with van der Waals surface area (Å²) in [5.41, 5.74) is 4.68. The first-order valence-corrected chi connectivity index (χ1v) is 5.52. The SMILES string of the molecule is Cc1cccc(-c2ccc(O)c(Cl)c2)c1C. The molecule has 2 heteroatoms. The molecule has 0 atom stereocenters. The fraction of sp³-hybridized carbons (Fsp3) is 0.143. The van der Waals surface area contributed by atoms with Crippen molar-refractivity contribution in [2.45, 2.75) is 13.8 Å². The van der Waals surface area contributed by atoms with E-state index < -0.39 is 0 Å². The largest absolute Gasteiger partial charge is 0.506 e. The molecule has 16 heavy (non-hydrogen) atoms. The van der Waals surface area contributed by atoms with Crippen LogP contribution in [-0.4, -0.2) is 5.11 Å². The highest BCUT2D eigenvalue weighted by Gasteiger charge is 2.06. The van der Waals surface area contributed by atoms with Gasteiger partial charge in [0.2, 0.25) is 0 Å². The lowest BCUT2D eigenvalue weighted by molar-refractivity contribution is 0.475. The van der Waals surface area contributed by atoms with E-state index in [4.69, 9.17) is 11.6 Å². The molecule has 0 radical (unpaired) electrons. The highest BCUT2D eigenvalue weighted by Crippen LogP contribution is 2.31. The molecule has 0 aromatic heterocycles. The van der Waals surface area contributed by atoms with Crippen molar-refractivity contribution >= 4 is 11.6 Å². The standard InChI is InChI=1S/C14H13ClO/c1-9-4-3-5-12(10(9)2)11-6-7-14(16)13(15)8-11/h3-8,16H,1-2H3. The van der Waals surface area contributed by atoms with Crippen LogP contribution in [0.2, 0.25) is 5.02 Å². The van der Waals surface area contributed by atoms with E-state index in [0.717, 1.165) is 11.1 Å². The molecule has 2 rings (SSSR count). The molecule has 0 saturated carbocycles. The molecule has 0 saturated heterocycles. The van der Waals surface area contributed by atoms with Gasteiger partial charge in [0.15, 0.2) is 0 Å². The number of hydrogen-bond donors (Lipinski definition) is 1. The van der Waals surface area contributed by atoms with Crippen molar-refractivity contribution in [3.8, 4) is 16.9 Å². The van der Waals surface area contributed by atoms with Gasteiger partial charge in [0.25, 0.3) is 0 Å². The fourth-order valence-corrected chi connectivity index (χ4v) is 1.92. The average molecular weight is 233 g/mol. The topological polar surface area (TPSA) is 20.2 Å². The number of hydrogen-bond acceptors (Lipinski definition) is 1. The molecule has 0 spiro atoms. The van der Waals surface area contributed by atoms with Crippen LogP contribution in [-0.2, 0) is 0 Å². The molecule has 2 aromatic rings. The monoisotopic (exact) mass is 232 g/mol. The van der Waals surface area contributed by atoms with Gasteiger partial charge in [-0.1, -0.05) is 35.9 Å². The zero-order valence-electron chi connectivity index (χ0n) is 9.29. The van der Waals surface area contributed by atoms with Crippen LogP contribution in [0.5, 0.6) is 5.75 Å². The first-order valence-electron chi connectivity index (χ1n) is 5.14. The maximum atomic E-state index is 9.38. The molecule has 0 heterocycles. The Hall–Kier alpha value is -1.47. The number of aryl methyl sites for hydroxylation is 1. The number of aromatic hydroxyl groups is 1. The second kappa shape index (κ2) is 4.18. The van der Waals surface area contributed by atoms with E-state index in [1.54, 1.807) is 12.1 Å². The Morgan fingerprint density at radius 3 is 2.50 bits per heavy atom. The molecule has 0 unspecified atom stereocenters. The summed E-state index contributed by atoms with van der Waals surface area (Å²) >= 11 is 5.91. The van der Waals surface area contributed by atoms with Crippen LogP contribution < -0.4 is 0 Å². The first kappa shape index (κ1) is 11.0. The molecule has 1 N–H and O–H groups in total. The fourth-order valence-electron chi connectivity index (χ4n) is 1.74. The molecule has 0 amide bonds. The minimum Gasteiger partial charge on any atom is -0.506 e. The zero-order chi connectivity index (χ0) is 11.7. The Bertz CT molecular complexity index is 532. The third-order valence-electron chi connectivity index (χ3n) is 2.86. The van der Waals surface area contributed by atoms with Gasteiger partial charge in [-0.2, -0.15) is 0 Å². The normalized spacial score (nSPS) is 10.4. The van der Waals surface area contributed by atoms with Crippen LogP contribution in [0, 0.1) is 13.8 Å². The van der Waals surface area contributed by atoms with Crippen molar-refractivity contribution in [3.05, 3.63) is 52.5 Å². The number of phenolic OH excluding ortho intramolecular Hbond substituents is 1. The third kappa shape index (κ3) is 1.91. The molecule has 0 aliphatic carbocycles. The molecule has 82 valence electrons. The van der Waals surface area contributed by atoms with Gasteiger partial charge in [0.05, 0.1) is 5.02 Å². The zero-order valence-corrected chi connectivity index (χ0v) is 10.0. The molecule has 2 aromatic carbocycles. The van der Waals surface area contributed by atoms with Gasteiger partial charge in [-0.15, -0.1) is 0 Å². The maximum Gasteiger partial charge on any atom is 0.134 e. The Labute approximate surface area is 100 Å². The highest BCUT2D eigenvalue weighted by atomic mass is 35.5. The Balaban J connectivity index is 2.59. The van der Waals surface area contributed by atoms with Crippen LogP contribution in [0.15, 0.2) is 36.4 Å². The summed E-state index contributed by atoms with van der Waals surface area (Å²) in [5.74, 6) is 0.121. The van der Waals surface area contributed by atoms with Crippen molar-refractivity contribution in [1.29, 1.82) is 0 Å². The van der Waals surface area contributed by atoms with E-state index >= 15 is 0 Å². The van der Waals surface area contributed by atoms with Crippen LogP contribution >= 0.6 is 11.6 Å². The second-order valence-corrected chi connectivity index (χ2v) is 4.32. The Morgan fingerprint density at radius 2 is 1.81 bits per heavy atom. The lowest BCUT2D eigenvalue weighted by Gasteiger charge is -2.09. The van der Waals surface area contributed by atoms with E-state index in [2.05, 4.69) is 26.0 Å². The van der Waals surface area contributed by atoms with Crippen LogP contribution in [0.25, 0.3) is 11.1 Å². The van der Waals surface area contributed by atoms with E-state index in [-0.39, 0.29) is 5.75 Å². The molecule has 1 nitrogen and oxygen atoms in total. The van der Waals surface area contributed by atoms with Gasteiger partial charge in [-0.05, 0) is 48.2 Å². The van der Waals surface area contributed by atoms with Gasteiger partial charge in [-0.3, -0.25) is 0 Å². The van der Waals surface area contributed by atoms with Gasteiger partial charge < -0.3 is 5.11 Å². The van der Waals surface area contributed by atoms with E-state index in [1.165, 1.54) is 11.1 Å². The number of rotatable bonds is 1. The lowest BCUT2D eigenvalue weighted by Crippen LogP contribution is -1.86. The van der Waals surface area contributed by atoms with Gasteiger partial charge in [0.1, 0.15) is 5.75 Å². The quantitative estimate of drug-likeness (QED) is 0.776. The highest BCUT2D eigenvalue weighted by molar-refractivity contribution is 6.32. The summed E-state index contributed by atoms with van der Waals surface area (Å²) in [5, 5.41) is 9.77. The predicted octanol–water partition coefficient (Wildman–Crippen LogP) is 4.33. The number of halogens is 1. The van der Waals surface area contributed by atoms with E-state index in [0.29, 0.717) is 5.02 Å². The van der Waals surface area contributed by atoms with E-state index in [9.17, 15) is 5.11 Å². The maximum absolute atomic E-state index is 9.38. The minimum atomic E-state index is 0.121. The van der Waals surface area contributed by atoms with Crippen molar-refractivity contribution in [3.63, 3.8) is 0 Å². The Kier molecular flexibility index (Phi) is 2.88. The molecule has 0 bridgehead atoms. The first-order chi connectivity index (χ1) is 7.59. The van der Waals surface area contributed by atoms with Gasteiger partial charge in [0, 0.05) is 0 Å². The third-order valence-corrected chi connectivity index (χ3v) is 3.17. The van der Waals surface area contributed by atoms with Crippen molar-refractivity contribution in [1.82, 2.24) is 0 Å². The van der Waals surface area contributed by atoms with Crippen molar-refractivity contribution < 1.29 is 5.11 Å².